The Morgan fingerprint density at radius 1 is 1.17 bits per heavy atom. The molecular formula is C4H6NSb. The molecule has 0 radical (unpaired) electrons. The van der Waals surface area contributed by atoms with Crippen molar-refractivity contribution in [3.8, 4) is 0 Å². The molecule has 0 aromatic carbocycles. The molecule has 0 aliphatic heterocycles. The van der Waals surface area contributed by atoms with Gasteiger partial charge in [-0.3, -0.25) is 0 Å². The van der Waals surface area contributed by atoms with Crippen molar-refractivity contribution in [2.24, 2.45) is 0 Å². The third-order valence-electron chi connectivity index (χ3n) is 0.628. The van der Waals surface area contributed by atoms with Crippen molar-refractivity contribution in [2.75, 3.05) is 0 Å². The second kappa shape index (κ2) is 1.70. The average molecular weight is 190 g/mol. The summed E-state index contributed by atoms with van der Waals surface area (Å²) in [5, 5.41) is 0. The fourth-order valence-electron chi connectivity index (χ4n) is 0.348. The minimum atomic E-state index is 1.17. The Hall–Kier alpha value is 0.0982. The Bertz CT molecular complexity index is 111. The summed E-state index contributed by atoms with van der Waals surface area (Å²) in [5.74, 6) is 0. The standard InChI is InChI=1S/C4H4N.Sb.2H/c1-2-4-5-3-1;;;/h1-4H;;;/q-1;+1;;. The third kappa shape index (κ3) is 0.781. The molecule has 0 unspecified atom stereocenters. The Kier molecular flexibility index (Phi) is 1.21. The van der Waals surface area contributed by atoms with Crippen LogP contribution in [0.2, 0.25) is 0 Å². The van der Waals surface area contributed by atoms with E-state index in [0.29, 0.717) is 0 Å². The van der Waals surface area contributed by atoms with E-state index in [4.69, 9.17) is 0 Å². The van der Waals surface area contributed by atoms with Gasteiger partial charge in [0.1, 0.15) is 0 Å². The zero-order valence-electron chi connectivity index (χ0n) is 3.33. The fourth-order valence-corrected chi connectivity index (χ4v) is 0.915. The first kappa shape index (κ1) is 4.26. The summed E-state index contributed by atoms with van der Waals surface area (Å²) >= 11 is 1.17. The monoisotopic (exact) mass is 189 g/mol. The molecular weight excluding hydrogens is 184 g/mol. The molecule has 0 aliphatic carbocycles. The molecule has 0 spiro atoms. The fraction of sp³-hybridized carbons (Fsp3) is 0. The van der Waals surface area contributed by atoms with Gasteiger partial charge in [-0.1, -0.05) is 0 Å². The van der Waals surface area contributed by atoms with Crippen LogP contribution in [0.15, 0.2) is 24.5 Å². The predicted octanol–water partition coefficient (Wildman–Crippen LogP) is -0.116. The molecule has 0 saturated carbocycles. The maximum absolute atomic E-state index is 2.13. The van der Waals surface area contributed by atoms with Crippen LogP contribution in [0, 0.1) is 0 Å². The first-order chi connectivity index (χ1) is 2.89. The predicted molar refractivity (Wildman–Crippen MR) is 28.4 cm³/mol. The maximum atomic E-state index is 2.13. The van der Waals surface area contributed by atoms with Crippen molar-refractivity contribution in [2.45, 2.75) is 0 Å². The second-order valence-electron chi connectivity index (χ2n) is 1.13. The van der Waals surface area contributed by atoms with Gasteiger partial charge in [-0.05, 0) is 0 Å². The molecule has 6 heavy (non-hydrogen) atoms. The zero-order valence-corrected chi connectivity index (χ0v) is 6.63. The van der Waals surface area contributed by atoms with Crippen LogP contribution < -0.4 is 0 Å². The summed E-state index contributed by atoms with van der Waals surface area (Å²) in [7, 11) is 0. The molecule has 1 aromatic heterocycles. The number of aromatic nitrogens is 1. The topological polar surface area (TPSA) is 4.93 Å². The average Bonchev–Trinajstić information content (AvgIpc) is 1.86. The van der Waals surface area contributed by atoms with E-state index in [9.17, 15) is 0 Å². The molecule has 0 N–H and O–H groups in total. The number of rotatable bonds is 0. The van der Waals surface area contributed by atoms with E-state index >= 15 is 0 Å². The Balaban J connectivity index is 3.05. The second-order valence-corrected chi connectivity index (χ2v) is 2.83. The van der Waals surface area contributed by atoms with Gasteiger partial charge in [0.2, 0.25) is 0 Å². The van der Waals surface area contributed by atoms with E-state index in [1.165, 1.54) is 23.3 Å². The van der Waals surface area contributed by atoms with Gasteiger partial charge in [-0.2, -0.15) is 0 Å². The molecule has 2 heteroatoms. The van der Waals surface area contributed by atoms with Gasteiger partial charge in [0.15, 0.2) is 0 Å². The van der Waals surface area contributed by atoms with Crippen LogP contribution >= 0.6 is 0 Å². The molecule has 0 aliphatic rings. The molecule has 0 atom stereocenters. The molecule has 0 bridgehead atoms. The summed E-state index contributed by atoms with van der Waals surface area (Å²) < 4.78 is 2.13. The van der Waals surface area contributed by atoms with Crippen LogP contribution in [0.25, 0.3) is 0 Å². The van der Waals surface area contributed by atoms with E-state index in [1.54, 1.807) is 0 Å². The summed E-state index contributed by atoms with van der Waals surface area (Å²) in [4.78, 5) is 0. The van der Waals surface area contributed by atoms with Crippen molar-refractivity contribution in [1.82, 2.24) is 2.73 Å². The van der Waals surface area contributed by atoms with Crippen LogP contribution in [0.5, 0.6) is 0 Å². The number of nitrogens with zero attached hydrogens (tertiary/aromatic N) is 1. The zero-order chi connectivity index (χ0) is 4.41. The third-order valence-corrected chi connectivity index (χ3v) is 1.61. The van der Waals surface area contributed by atoms with E-state index in [1.807, 2.05) is 12.1 Å². The quantitative estimate of drug-likeness (QED) is 0.502. The first-order valence-electron chi connectivity index (χ1n) is 1.77. The van der Waals surface area contributed by atoms with Gasteiger partial charge in [-0.25, -0.2) is 0 Å². The molecule has 0 amide bonds. The molecule has 0 fully saturated rings. The molecule has 1 rings (SSSR count). The number of hydrogen-bond donors (Lipinski definition) is 0. The van der Waals surface area contributed by atoms with E-state index in [0.717, 1.165) is 0 Å². The van der Waals surface area contributed by atoms with Crippen molar-refractivity contribution >= 4 is 23.3 Å². The first-order valence-corrected chi connectivity index (χ1v) is 3.25. The summed E-state index contributed by atoms with van der Waals surface area (Å²) in [6.45, 7) is 0. The van der Waals surface area contributed by atoms with Crippen molar-refractivity contribution in [3.63, 3.8) is 0 Å². The van der Waals surface area contributed by atoms with E-state index < -0.39 is 0 Å². The minimum absolute atomic E-state index is 1.17. The van der Waals surface area contributed by atoms with Gasteiger partial charge in [0.25, 0.3) is 0 Å². The van der Waals surface area contributed by atoms with E-state index in [-0.39, 0.29) is 0 Å². The van der Waals surface area contributed by atoms with Crippen LogP contribution in [0.3, 0.4) is 0 Å². The SMILES string of the molecule is [SbH2][n]1cccc1. The molecule has 32 valence electrons. The van der Waals surface area contributed by atoms with Crippen LogP contribution in [0.1, 0.15) is 0 Å². The van der Waals surface area contributed by atoms with E-state index in [2.05, 4.69) is 15.1 Å². The Morgan fingerprint density at radius 2 is 1.67 bits per heavy atom. The summed E-state index contributed by atoms with van der Waals surface area (Å²) in [5.41, 5.74) is 0. The van der Waals surface area contributed by atoms with Crippen molar-refractivity contribution < 1.29 is 0 Å². The van der Waals surface area contributed by atoms with Gasteiger partial charge in [0.05, 0.1) is 0 Å². The normalized spacial score (nSPS) is 8.83. The molecule has 1 aromatic rings. The Morgan fingerprint density at radius 3 is 1.83 bits per heavy atom. The molecule has 1 heterocycles. The van der Waals surface area contributed by atoms with Crippen LogP contribution in [-0.4, -0.2) is 26.0 Å². The van der Waals surface area contributed by atoms with Crippen LogP contribution in [-0.2, 0) is 0 Å². The van der Waals surface area contributed by atoms with Crippen molar-refractivity contribution in [3.05, 3.63) is 24.5 Å². The summed E-state index contributed by atoms with van der Waals surface area (Å²) in [6, 6.07) is 4.07. The van der Waals surface area contributed by atoms with Crippen LogP contribution in [0.4, 0.5) is 0 Å². The number of hydrogen-bond acceptors (Lipinski definition) is 0. The van der Waals surface area contributed by atoms with Gasteiger partial charge in [0, 0.05) is 0 Å². The molecule has 1 nitrogen and oxygen atoms in total. The van der Waals surface area contributed by atoms with Gasteiger partial charge < -0.3 is 0 Å². The van der Waals surface area contributed by atoms with Gasteiger partial charge >= 0.3 is 50.6 Å². The Labute approximate surface area is 50.8 Å². The van der Waals surface area contributed by atoms with Gasteiger partial charge in [-0.15, -0.1) is 0 Å². The molecule has 0 saturated heterocycles. The summed E-state index contributed by atoms with van der Waals surface area (Å²) in [6.07, 6.45) is 4.12. The van der Waals surface area contributed by atoms with Crippen molar-refractivity contribution in [1.29, 1.82) is 0 Å².